The van der Waals surface area contributed by atoms with Crippen molar-refractivity contribution in [2.75, 3.05) is 5.73 Å². The van der Waals surface area contributed by atoms with Gasteiger partial charge in [-0.05, 0) is 31.1 Å². The highest BCUT2D eigenvalue weighted by Crippen LogP contribution is 2.69. The van der Waals surface area contributed by atoms with Gasteiger partial charge in [0.05, 0.1) is 0 Å². The van der Waals surface area contributed by atoms with E-state index in [2.05, 4.69) is 9.68 Å². The Labute approximate surface area is 96.1 Å². The van der Waals surface area contributed by atoms with Gasteiger partial charge in [-0.2, -0.15) is 13.2 Å². The first-order chi connectivity index (χ1) is 7.87. The average Bonchev–Trinajstić information content (AvgIpc) is 2.45. The average molecular weight is 246 g/mol. The second-order valence-corrected chi connectivity index (χ2v) is 5.40. The molecule has 0 aliphatic heterocycles. The van der Waals surface area contributed by atoms with Crippen molar-refractivity contribution in [3.63, 3.8) is 0 Å². The summed E-state index contributed by atoms with van der Waals surface area (Å²) >= 11 is 0. The maximum Gasteiger partial charge on any atom is 0.400 e. The lowest BCUT2D eigenvalue weighted by Gasteiger charge is -2.60. The molecule has 6 heteroatoms. The van der Waals surface area contributed by atoms with Crippen LogP contribution in [0.2, 0.25) is 0 Å². The van der Waals surface area contributed by atoms with Gasteiger partial charge in [-0.3, -0.25) is 0 Å². The van der Waals surface area contributed by atoms with Gasteiger partial charge in [0.1, 0.15) is 11.1 Å². The number of aromatic nitrogens is 1. The molecule has 2 aliphatic rings. The van der Waals surface area contributed by atoms with Crippen LogP contribution in [0.4, 0.5) is 19.1 Å². The van der Waals surface area contributed by atoms with Crippen LogP contribution < -0.4 is 5.73 Å². The highest BCUT2D eigenvalue weighted by atomic mass is 19.4. The van der Waals surface area contributed by atoms with Gasteiger partial charge in [-0.25, -0.2) is 0 Å². The lowest BCUT2D eigenvalue weighted by Crippen LogP contribution is -2.60. The third-order valence-electron chi connectivity index (χ3n) is 4.33. The minimum absolute atomic E-state index is 0.0555. The number of nitrogens with zero attached hydrogens (tertiary/aromatic N) is 1. The summed E-state index contributed by atoms with van der Waals surface area (Å²) in [6.07, 6.45) is -1.17. The zero-order valence-corrected chi connectivity index (χ0v) is 9.18. The Morgan fingerprint density at radius 2 is 1.94 bits per heavy atom. The Balaban J connectivity index is 1.94. The summed E-state index contributed by atoms with van der Waals surface area (Å²) < 4.78 is 44.3. The molecule has 2 fully saturated rings. The van der Waals surface area contributed by atoms with E-state index in [9.17, 15) is 13.2 Å². The molecular weight excluding hydrogens is 233 g/mol. The van der Waals surface area contributed by atoms with Crippen LogP contribution in [0.1, 0.15) is 37.8 Å². The fourth-order valence-corrected chi connectivity index (χ4v) is 3.30. The van der Waals surface area contributed by atoms with Crippen molar-refractivity contribution in [1.82, 2.24) is 5.16 Å². The van der Waals surface area contributed by atoms with Crippen LogP contribution >= 0.6 is 0 Å². The number of halogens is 3. The van der Waals surface area contributed by atoms with E-state index in [0.717, 1.165) is 19.3 Å². The van der Waals surface area contributed by atoms with Crippen LogP contribution in [0, 0.1) is 5.41 Å². The Morgan fingerprint density at radius 1 is 1.29 bits per heavy atom. The van der Waals surface area contributed by atoms with Crippen molar-refractivity contribution in [3.05, 3.63) is 11.8 Å². The van der Waals surface area contributed by atoms with Crippen molar-refractivity contribution < 1.29 is 17.7 Å². The molecule has 1 aromatic rings. The molecule has 0 bridgehead atoms. The van der Waals surface area contributed by atoms with Crippen LogP contribution in [-0.4, -0.2) is 11.3 Å². The quantitative estimate of drug-likeness (QED) is 0.828. The summed E-state index contributed by atoms with van der Waals surface area (Å²) in [5.41, 5.74) is 3.34. The Bertz CT molecular complexity index is 440. The molecule has 2 aliphatic carbocycles. The molecule has 1 spiro atoms. The van der Waals surface area contributed by atoms with Gasteiger partial charge in [0, 0.05) is 6.07 Å². The van der Waals surface area contributed by atoms with Crippen molar-refractivity contribution in [3.8, 4) is 0 Å². The number of nitrogens with two attached hydrogens (primary N) is 1. The zero-order valence-electron chi connectivity index (χ0n) is 9.18. The van der Waals surface area contributed by atoms with Gasteiger partial charge >= 0.3 is 6.18 Å². The van der Waals surface area contributed by atoms with E-state index in [0.29, 0.717) is 0 Å². The molecule has 3 rings (SSSR count). The smallest absolute Gasteiger partial charge is 0.368 e. The summed E-state index contributed by atoms with van der Waals surface area (Å²) in [4.78, 5) is 0. The Hall–Kier alpha value is -1.20. The minimum Gasteiger partial charge on any atom is -0.368 e. The topological polar surface area (TPSA) is 52.0 Å². The molecule has 0 saturated heterocycles. The van der Waals surface area contributed by atoms with Crippen molar-refractivity contribution in [2.45, 2.75) is 43.7 Å². The molecule has 2 saturated carbocycles. The SMILES string of the molecule is Nc1cc(C2(C(F)(F)F)CC3(CCC3)C2)no1. The lowest BCUT2D eigenvalue weighted by molar-refractivity contribution is -0.255. The molecule has 0 radical (unpaired) electrons. The molecular formula is C11H13F3N2O. The van der Waals surface area contributed by atoms with Crippen LogP contribution in [0.25, 0.3) is 0 Å². The van der Waals surface area contributed by atoms with Gasteiger partial charge in [-0.1, -0.05) is 11.6 Å². The third-order valence-corrected chi connectivity index (χ3v) is 4.33. The van der Waals surface area contributed by atoms with E-state index >= 15 is 0 Å². The third kappa shape index (κ3) is 1.32. The fourth-order valence-electron chi connectivity index (χ4n) is 3.30. The fraction of sp³-hybridized carbons (Fsp3) is 0.727. The molecule has 1 heterocycles. The second-order valence-electron chi connectivity index (χ2n) is 5.40. The normalized spacial score (nSPS) is 25.4. The highest BCUT2D eigenvalue weighted by molar-refractivity contribution is 5.35. The predicted molar refractivity (Wildman–Crippen MR) is 54.2 cm³/mol. The van der Waals surface area contributed by atoms with E-state index in [1.807, 2.05) is 0 Å². The van der Waals surface area contributed by atoms with Gasteiger partial charge in [0.15, 0.2) is 0 Å². The summed E-state index contributed by atoms with van der Waals surface area (Å²) in [5.74, 6) is -0.0572. The molecule has 0 amide bonds. The number of rotatable bonds is 1. The first-order valence-corrected chi connectivity index (χ1v) is 5.66. The van der Waals surface area contributed by atoms with E-state index in [4.69, 9.17) is 5.73 Å². The maximum atomic E-state index is 13.2. The van der Waals surface area contributed by atoms with Crippen molar-refractivity contribution in [2.24, 2.45) is 5.41 Å². The van der Waals surface area contributed by atoms with Crippen LogP contribution in [0.15, 0.2) is 10.6 Å². The largest absolute Gasteiger partial charge is 0.400 e. The van der Waals surface area contributed by atoms with Crippen molar-refractivity contribution >= 4 is 5.88 Å². The summed E-state index contributed by atoms with van der Waals surface area (Å²) in [6, 6.07) is 1.21. The van der Waals surface area contributed by atoms with E-state index in [1.165, 1.54) is 6.07 Å². The number of nitrogen functional groups attached to an aromatic ring is 1. The number of hydrogen-bond donors (Lipinski definition) is 1. The summed E-state index contributed by atoms with van der Waals surface area (Å²) in [7, 11) is 0. The molecule has 17 heavy (non-hydrogen) atoms. The predicted octanol–water partition coefficient (Wildman–Crippen LogP) is 3.02. The first-order valence-electron chi connectivity index (χ1n) is 5.66. The van der Waals surface area contributed by atoms with Crippen molar-refractivity contribution in [1.29, 1.82) is 0 Å². The van der Waals surface area contributed by atoms with Crippen LogP contribution in [0.5, 0.6) is 0 Å². The van der Waals surface area contributed by atoms with Gasteiger partial charge in [0.2, 0.25) is 5.88 Å². The van der Waals surface area contributed by atoms with Gasteiger partial charge in [-0.15, -0.1) is 0 Å². The number of alkyl halides is 3. The van der Waals surface area contributed by atoms with Gasteiger partial charge in [0.25, 0.3) is 0 Å². The Kier molecular flexibility index (Phi) is 1.91. The first kappa shape index (κ1) is 10.9. The number of anilines is 1. The monoisotopic (exact) mass is 246 g/mol. The lowest BCUT2D eigenvalue weighted by atomic mass is 9.44. The number of hydrogen-bond acceptors (Lipinski definition) is 3. The van der Waals surface area contributed by atoms with Crippen LogP contribution in [-0.2, 0) is 5.41 Å². The molecule has 0 aromatic carbocycles. The standard InChI is InChI=1S/C11H13F3N2O/c12-11(13,14)10(7-4-8(15)17-16-7)5-9(6-10)2-1-3-9/h4H,1-3,5-6,15H2. The van der Waals surface area contributed by atoms with E-state index in [-0.39, 0.29) is 29.8 Å². The Morgan fingerprint density at radius 3 is 2.29 bits per heavy atom. The molecule has 3 nitrogen and oxygen atoms in total. The zero-order chi connectivity index (χ0) is 12.3. The van der Waals surface area contributed by atoms with E-state index < -0.39 is 11.6 Å². The molecule has 0 unspecified atom stereocenters. The molecule has 94 valence electrons. The molecule has 0 atom stereocenters. The summed E-state index contributed by atoms with van der Waals surface area (Å²) in [6.45, 7) is 0. The molecule has 2 N–H and O–H groups in total. The summed E-state index contributed by atoms with van der Waals surface area (Å²) in [5, 5.41) is 3.48. The highest BCUT2D eigenvalue weighted by Gasteiger charge is 2.70. The minimum atomic E-state index is -4.28. The van der Waals surface area contributed by atoms with E-state index in [1.54, 1.807) is 0 Å². The maximum absolute atomic E-state index is 13.2. The second kappa shape index (κ2) is 2.97. The molecule has 1 aromatic heterocycles. The van der Waals surface area contributed by atoms with Gasteiger partial charge < -0.3 is 10.3 Å². The van der Waals surface area contributed by atoms with Crippen LogP contribution in [0.3, 0.4) is 0 Å².